The van der Waals surface area contributed by atoms with Gasteiger partial charge in [0.25, 0.3) is 0 Å². The second-order valence-corrected chi connectivity index (χ2v) is 3.69. The third-order valence-corrected chi connectivity index (χ3v) is 2.26. The van der Waals surface area contributed by atoms with Gasteiger partial charge >= 0.3 is 0 Å². The topological polar surface area (TPSA) is 27.7 Å². The van der Waals surface area contributed by atoms with Crippen LogP contribution in [0.25, 0.3) is 0 Å². The summed E-state index contributed by atoms with van der Waals surface area (Å²) in [6.45, 7) is 8.73. The fourth-order valence-electron chi connectivity index (χ4n) is 1.53. The van der Waals surface area contributed by atoms with Crippen molar-refractivity contribution >= 4 is 0 Å². The Labute approximate surface area is 104 Å². The summed E-state index contributed by atoms with van der Waals surface area (Å²) in [5, 5.41) is 0. The molecule has 0 spiro atoms. The van der Waals surface area contributed by atoms with Crippen LogP contribution in [0.1, 0.15) is 32.8 Å². The molecule has 0 saturated heterocycles. The molecule has 0 aliphatic heterocycles. The van der Waals surface area contributed by atoms with Crippen molar-refractivity contribution in [1.29, 1.82) is 0 Å². The molecule has 0 aromatic heterocycles. The summed E-state index contributed by atoms with van der Waals surface area (Å²) in [6, 6.07) is 5.89. The molecule has 0 saturated carbocycles. The first-order chi connectivity index (χ1) is 8.31. The van der Waals surface area contributed by atoms with Crippen molar-refractivity contribution in [2.75, 3.05) is 19.8 Å². The molecule has 0 atom stereocenters. The SMILES string of the molecule is CCCOCc1ccc(OCC)cc1OCC. The molecule has 0 aliphatic carbocycles. The number of rotatable bonds is 8. The van der Waals surface area contributed by atoms with Gasteiger partial charge in [-0.25, -0.2) is 0 Å². The quantitative estimate of drug-likeness (QED) is 0.649. The molecule has 1 aromatic carbocycles. The van der Waals surface area contributed by atoms with Crippen molar-refractivity contribution in [2.45, 2.75) is 33.8 Å². The summed E-state index contributed by atoms with van der Waals surface area (Å²) in [6.07, 6.45) is 1.03. The van der Waals surface area contributed by atoms with Crippen LogP contribution in [0.15, 0.2) is 18.2 Å². The minimum absolute atomic E-state index is 0.593. The highest BCUT2D eigenvalue weighted by Crippen LogP contribution is 2.25. The fourth-order valence-corrected chi connectivity index (χ4v) is 1.53. The van der Waals surface area contributed by atoms with E-state index in [1.807, 2.05) is 32.0 Å². The molecule has 0 amide bonds. The van der Waals surface area contributed by atoms with Crippen LogP contribution in [0.2, 0.25) is 0 Å². The summed E-state index contributed by atoms with van der Waals surface area (Å²) in [5.41, 5.74) is 1.07. The Morgan fingerprint density at radius 3 is 2.41 bits per heavy atom. The normalized spacial score (nSPS) is 10.3. The first kappa shape index (κ1) is 13.8. The molecule has 0 fully saturated rings. The Morgan fingerprint density at radius 2 is 1.76 bits per heavy atom. The van der Waals surface area contributed by atoms with E-state index in [0.29, 0.717) is 19.8 Å². The summed E-state index contributed by atoms with van der Waals surface area (Å²) in [5.74, 6) is 1.70. The van der Waals surface area contributed by atoms with Crippen molar-refractivity contribution in [1.82, 2.24) is 0 Å². The van der Waals surface area contributed by atoms with E-state index in [0.717, 1.165) is 30.1 Å². The number of ether oxygens (including phenoxy) is 3. The molecule has 0 N–H and O–H groups in total. The van der Waals surface area contributed by atoms with Gasteiger partial charge in [0.2, 0.25) is 0 Å². The third-order valence-electron chi connectivity index (χ3n) is 2.26. The van der Waals surface area contributed by atoms with E-state index in [4.69, 9.17) is 14.2 Å². The second kappa shape index (κ2) is 7.96. The smallest absolute Gasteiger partial charge is 0.128 e. The summed E-state index contributed by atoms with van der Waals surface area (Å²) >= 11 is 0. The molecule has 17 heavy (non-hydrogen) atoms. The number of benzene rings is 1. The van der Waals surface area contributed by atoms with Gasteiger partial charge in [-0.3, -0.25) is 0 Å². The van der Waals surface area contributed by atoms with Gasteiger partial charge in [0.15, 0.2) is 0 Å². The van der Waals surface area contributed by atoms with Gasteiger partial charge in [-0.2, -0.15) is 0 Å². The van der Waals surface area contributed by atoms with Gasteiger partial charge in [-0.15, -0.1) is 0 Å². The fraction of sp³-hybridized carbons (Fsp3) is 0.571. The zero-order valence-corrected chi connectivity index (χ0v) is 11.0. The molecule has 1 aromatic rings. The summed E-state index contributed by atoms with van der Waals surface area (Å²) in [4.78, 5) is 0. The lowest BCUT2D eigenvalue weighted by molar-refractivity contribution is 0.119. The number of hydrogen-bond acceptors (Lipinski definition) is 3. The maximum Gasteiger partial charge on any atom is 0.128 e. The first-order valence-corrected chi connectivity index (χ1v) is 6.28. The second-order valence-electron chi connectivity index (χ2n) is 3.69. The van der Waals surface area contributed by atoms with Crippen molar-refractivity contribution in [3.05, 3.63) is 23.8 Å². The molecule has 3 nitrogen and oxygen atoms in total. The standard InChI is InChI=1S/C14H22O3/c1-4-9-15-11-12-7-8-13(16-5-2)10-14(12)17-6-3/h7-8,10H,4-6,9,11H2,1-3H3. The molecular weight excluding hydrogens is 216 g/mol. The third kappa shape index (κ3) is 4.65. The van der Waals surface area contributed by atoms with Crippen LogP contribution in [-0.4, -0.2) is 19.8 Å². The van der Waals surface area contributed by atoms with Crippen molar-refractivity contribution < 1.29 is 14.2 Å². The van der Waals surface area contributed by atoms with Crippen LogP contribution in [0.3, 0.4) is 0 Å². The summed E-state index contributed by atoms with van der Waals surface area (Å²) < 4.78 is 16.6. The average Bonchev–Trinajstić information content (AvgIpc) is 2.33. The van der Waals surface area contributed by atoms with Gasteiger partial charge in [0.05, 0.1) is 19.8 Å². The maximum absolute atomic E-state index is 5.59. The predicted molar refractivity (Wildman–Crippen MR) is 68.7 cm³/mol. The molecule has 0 heterocycles. The van der Waals surface area contributed by atoms with E-state index in [1.54, 1.807) is 0 Å². The van der Waals surface area contributed by atoms with Crippen molar-refractivity contribution in [2.24, 2.45) is 0 Å². The maximum atomic E-state index is 5.59. The largest absolute Gasteiger partial charge is 0.494 e. The molecule has 0 bridgehead atoms. The van der Waals surface area contributed by atoms with E-state index in [-0.39, 0.29) is 0 Å². The monoisotopic (exact) mass is 238 g/mol. The zero-order chi connectivity index (χ0) is 12.5. The molecule has 0 unspecified atom stereocenters. The van der Waals surface area contributed by atoms with E-state index >= 15 is 0 Å². The number of hydrogen-bond donors (Lipinski definition) is 0. The molecule has 3 heteroatoms. The van der Waals surface area contributed by atoms with Crippen LogP contribution >= 0.6 is 0 Å². The molecule has 0 radical (unpaired) electrons. The van der Waals surface area contributed by atoms with E-state index in [9.17, 15) is 0 Å². The van der Waals surface area contributed by atoms with E-state index in [1.165, 1.54) is 0 Å². The lowest BCUT2D eigenvalue weighted by atomic mass is 10.2. The Bertz CT molecular complexity index is 323. The Kier molecular flexibility index (Phi) is 6.48. The Balaban J connectivity index is 2.72. The van der Waals surface area contributed by atoms with Crippen molar-refractivity contribution in [3.8, 4) is 11.5 Å². The minimum Gasteiger partial charge on any atom is -0.494 e. The minimum atomic E-state index is 0.593. The van der Waals surface area contributed by atoms with Gasteiger partial charge in [-0.05, 0) is 32.4 Å². The lowest BCUT2D eigenvalue weighted by Crippen LogP contribution is -2.01. The highest BCUT2D eigenvalue weighted by molar-refractivity contribution is 5.40. The highest BCUT2D eigenvalue weighted by Gasteiger charge is 2.05. The van der Waals surface area contributed by atoms with E-state index in [2.05, 4.69) is 6.92 Å². The van der Waals surface area contributed by atoms with Gasteiger partial charge in [-0.1, -0.05) is 6.92 Å². The molecular formula is C14H22O3. The van der Waals surface area contributed by atoms with Gasteiger partial charge in [0, 0.05) is 18.2 Å². The molecule has 1 rings (SSSR count). The van der Waals surface area contributed by atoms with Crippen LogP contribution < -0.4 is 9.47 Å². The molecule has 96 valence electrons. The first-order valence-electron chi connectivity index (χ1n) is 6.28. The summed E-state index contributed by atoms with van der Waals surface area (Å²) in [7, 11) is 0. The molecule has 0 aliphatic rings. The predicted octanol–water partition coefficient (Wildman–Crippen LogP) is 3.41. The highest BCUT2D eigenvalue weighted by atomic mass is 16.5. The Morgan fingerprint density at radius 1 is 1.00 bits per heavy atom. The van der Waals surface area contributed by atoms with Gasteiger partial charge < -0.3 is 14.2 Å². The lowest BCUT2D eigenvalue weighted by Gasteiger charge is -2.12. The zero-order valence-electron chi connectivity index (χ0n) is 11.0. The van der Waals surface area contributed by atoms with E-state index < -0.39 is 0 Å². The Hall–Kier alpha value is -1.22. The van der Waals surface area contributed by atoms with Crippen molar-refractivity contribution in [3.63, 3.8) is 0 Å². The van der Waals surface area contributed by atoms with Crippen LogP contribution in [0.4, 0.5) is 0 Å². The van der Waals surface area contributed by atoms with Crippen LogP contribution in [0, 0.1) is 0 Å². The van der Waals surface area contributed by atoms with Crippen LogP contribution in [-0.2, 0) is 11.3 Å². The van der Waals surface area contributed by atoms with Gasteiger partial charge in [0.1, 0.15) is 11.5 Å². The van der Waals surface area contributed by atoms with Crippen LogP contribution in [0.5, 0.6) is 11.5 Å². The average molecular weight is 238 g/mol.